The zero-order valence-corrected chi connectivity index (χ0v) is 18.6. The molecule has 0 aliphatic heterocycles. The first-order valence-corrected chi connectivity index (χ1v) is 11.5. The van der Waals surface area contributed by atoms with Crippen LogP contribution >= 0.6 is 11.5 Å². The maximum atomic E-state index is 13.6. The highest BCUT2D eigenvalue weighted by atomic mass is 32.1. The average molecular weight is 399 g/mol. The van der Waals surface area contributed by atoms with Gasteiger partial charge in [-0.25, -0.2) is 4.99 Å². The maximum Gasteiger partial charge on any atom is 0.257 e. The molecular formula is C24H34N2OS. The molecule has 4 heteroatoms. The Kier molecular flexibility index (Phi) is 6.59. The molecular weight excluding hydrogens is 364 g/mol. The summed E-state index contributed by atoms with van der Waals surface area (Å²) in [5.41, 5.74) is 1.91. The van der Waals surface area contributed by atoms with Crippen LogP contribution in [-0.2, 0) is 22.2 Å². The van der Waals surface area contributed by atoms with Gasteiger partial charge in [0.1, 0.15) is 4.67 Å². The van der Waals surface area contributed by atoms with Crippen LogP contribution in [0.15, 0.2) is 41.5 Å². The van der Waals surface area contributed by atoms with Crippen molar-refractivity contribution in [2.24, 2.45) is 4.99 Å². The van der Waals surface area contributed by atoms with Gasteiger partial charge in [-0.1, -0.05) is 62.9 Å². The highest BCUT2D eigenvalue weighted by Crippen LogP contribution is 2.40. The number of amides is 1. The van der Waals surface area contributed by atoms with Crippen molar-refractivity contribution < 1.29 is 4.79 Å². The molecule has 0 bridgehead atoms. The molecule has 0 atom stereocenters. The van der Waals surface area contributed by atoms with Gasteiger partial charge in [0.25, 0.3) is 5.91 Å². The molecule has 1 heterocycles. The number of rotatable bonds is 5. The number of hydrogen-bond acceptors (Lipinski definition) is 2. The molecule has 3 nitrogen and oxygen atoms in total. The van der Waals surface area contributed by atoms with Crippen molar-refractivity contribution in [3.63, 3.8) is 0 Å². The van der Waals surface area contributed by atoms with E-state index in [9.17, 15) is 4.79 Å². The standard InChI is InChI=1S/C24H34N2OS/c1-5-6-13-19-18-26(23(2,3)4)28-21(19)25-22(27)24(16-11-8-12-17-24)20-14-9-7-10-15-20/h7,9-10,14-15,18H,5-6,8,11-13,16-17H2,1-4H3/b25-21-. The Bertz CT molecular complexity index is 849. The first-order chi connectivity index (χ1) is 13.4. The number of hydrogen-bond donors (Lipinski definition) is 0. The van der Waals surface area contributed by atoms with Gasteiger partial charge in [-0.05, 0) is 63.6 Å². The minimum absolute atomic E-state index is 0.00437. The predicted octanol–water partition coefficient (Wildman–Crippen LogP) is 5.98. The van der Waals surface area contributed by atoms with Gasteiger partial charge >= 0.3 is 0 Å². The molecule has 1 amide bonds. The Morgan fingerprint density at radius 3 is 2.43 bits per heavy atom. The molecule has 0 N–H and O–H groups in total. The topological polar surface area (TPSA) is 34.4 Å². The van der Waals surface area contributed by atoms with Crippen molar-refractivity contribution >= 4 is 17.4 Å². The van der Waals surface area contributed by atoms with Gasteiger partial charge in [0.15, 0.2) is 0 Å². The van der Waals surface area contributed by atoms with Gasteiger partial charge in [-0.3, -0.25) is 8.75 Å². The van der Waals surface area contributed by atoms with E-state index in [0.717, 1.165) is 55.2 Å². The smallest absolute Gasteiger partial charge is 0.257 e. The number of unbranched alkanes of at least 4 members (excludes halogenated alkanes) is 1. The van der Waals surface area contributed by atoms with Crippen LogP contribution in [0.4, 0.5) is 0 Å². The summed E-state index contributed by atoms with van der Waals surface area (Å²) in [6.45, 7) is 8.81. The summed E-state index contributed by atoms with van der Waals surface area (Å²) in [7, 11) is 0. The Hall–Kier alpha value is -1.68. The number of benzene rings is 1. The van der Waals surface area contributed by atoms with Crippen molar-refractivity contribution in [1.29, 1.82) is 0 Å². The van der Waals surface area contributed by atoms with Gasteiger partial charge in [0, 0.05) is 17.3 Å². The van der Waals surface area contributed by atoms with Crippen molar-refractivity contribution in [2.75, 3.05) is 0 Å². The SMILES string of the molecule is CCCCc1cn(C(C)(C)C)s/c1=N\C(=O)C1(c2ccccc2)CCCCC1. The molecule has 1 aromatic carbocycles. The van der Waals surface area contributed by atoms with Gasteiger partial charge in [-0.2, -0.15) is 0 Å². The van der Waals surface area contributed by atoms with E-state index in [1.165, 1.54) is 12.0 Å². The third-order valence-corrected chi connectivity index (χ3v) is 7.22. The zero-order valence-electron chi connectivity index (χ0n) is 17.8. The first-order valence-electron chi connectivity index (χ1n) is 10.7. The van der Waals surface area contributed by atoms with Crippen molar-refractivity contribution in [1.82, 2.24) is 3.96 Å². The Morgan fingerprint density at radius 2 is 1.82 bits per heavy atom. The van der Waals surface area contributed by atoms with Crippen molar-refractivity contribution in [3.8, 4) is 0 Å². The lowest BCUT2D eigenvalue weighted by Gasteiger charge is -2.34. The van der Waals surface area contributed by atoms with Crippen LogP contribution in [-0.4, -0.2) is 9.86 Å². The van der Waals surface area contributed by atoms with E-state index >= 15 is 0 Å². The lowest BCUT2D eigenvalue weighted by Crippen LogP contribution is -2.38. The number of nitrogens with zero attached hydrogens (tertiary/aromatic N) is 2. The van der Waals surface area contributed by atoms with Crippen LogP contribution in [0.3, 0.4) is 0 Å². The van der Waals surface area contributed by atoms with Crippen LogP contribution in [0.5, 0.6) is 0 Å². The second kappa shape index (κ2) is 8.77. The molecule has 2 aromatic rings. The minimum Gasteiger partial charge on any atom is -0.298 e. The molecule has 28 heavy (non-hydrogen) atoms. The average Bonchev–Trinajstić information content (AvgIpc) is 3.10. The summed E-state index contributed by atoms with van der Waals surface area (Å²) in [6, 6.07) is 10.3. The zero-order chi connectivity index (χ0) is 20.2. The third-order valence-electron chi connectivity index (χ3n) is 5.84. The maximum absolute atomic E-state index is 13.6. The van der Waals surface area contributed by atoms with Crippen molar-refractivity contribution in [3.05, 3.63) is 52.3 Å². The lowest BCUT2D eigenvalue weighted by atomic mass is 9.69. The quantitative estimate of drug-likeness (QED) is 0.610. The number of aryl methyl sites for hydroxylation is 1. The number of carbonyl (C=O) groups is 1. The van der Waals surface area contributed by atoms with E-state index in [2.05, 4.69) is 50.0 Å². The van der Waals surface area contributed by atoms with Crippen molar-refractivity contribution in [2.45, 2.75) is 90.0 Å². The van der Waals surface area contributed by atoms with E-state index in [1.807, 2.05) is 18.2 Å². The second-order valence-electron chi connectivity index (χ2n) is 9.08. The number of aromatic nitrogens is 1. The molecule has 0 unspecified atom stereocenters. The minimum atomic E-state index is -0.446. The van der Waals surface area contributed by atoms with E-state index < -0.39 is 5.41 Å². The molecule has 1 aliphatic carbocycles. The van der Waals surface area contributed by atoms with Crippen LogP contribution in [0, 0.1) is 0 Å². The summed E-state index contributed by atoms with van der Waals surface area (Å²) in [4.78, 5) is 18.4. The molecule has 1 aromatic heterocycles. The molecule has 1 aliphatic rings. The Balaban J connectivity index is 2.05. The Morgan fingerprint density at radius 1 is 1.14 bits per heavy atom. The summed E-state index contributed by atoms with van der Waals surface area (Å²) in [6.07, 6.45) is 10.7. The third kappa shape index (κ3) is 4.48. The summed E-state index contributed by atoms with van der Waals surface area (Å²) in [5.74, 6) is 0.0547. The van der Waals surface area contributed by atoms with Gasteiger partial charge < -0.3 is 0 Å². The van der Waals surface area contributed by atoms with Crippen LogP contribution < -0.4 is 4.67 Å². The molecule has 0 spiro atoms. The van der Waals surface area contributed by atoms with Gasteiger partial charge in [0.2, 0.25) is 0 Å². The molecule has 3 rings (SSSR count). The Labute approximate surface area is 173 Å². The molecule has 0 radical (unpaired) electrons. The summed E-state index contributed by atoms with van der Waals surface area (Å²) < 4.78 is 3.16. The lowest BCUT2D eigenvalue weighted by molar-refractivity contribution is -0.124. The van der Waals surface area contributed by atoms with E-state index in [-0.39, 0.29) is 11.4 Å². The summed E-state index contributed by atoms with van der Waals surface area (Å²) in [5, 5.41) is 0. The molecule has 1 fully saturated rings. The number of carbonyl (C=O) groups excluding carboxylic acids is 1. The van der Waals surface area contributed by atoms with Crippen LogP contribution in [0.1, 0.15) is 83.8 Å². The highest BCUT2D eigenvalue weighted by Gasteiger charge is 2.41. The predicted molar refractivity (Wildman–Crippen MR) is 118 cm³/mol. The normalized spacial score (nSPS) is 17.6. The molecule has 152 valence electrons. The van der Waals surface area contributed by atoms with E-state index in [4.69, 9.17) is 4.99 Å². The van der Waals surface area contributed by atoms with E-state index in [0.29, 0.717) is 0 Å². The summed E-state index contributed by atoms with van der Waals surface area (Å²) >= 11 is 1.63. The largest absolute Gasteiger partial charge is 0.298 e. The second-order valence-corrected chi connectivity index (χ2v) is 10.0. The first kappa shape index (κ1) is 21.0. The molecule has 0 saturated heterocycles. The van der Waals surface area contributed by atoms with Crippen LogP contribution in [0.2, 0.25) is 0 Å². The van der Waals surface area contributed by atoms with Crippen LogP contribution in [0.25, 0.3) is 0 Å². The fraction of sp³-hybridized carbons (Fsp3) is 0.583. The fourth-order valence-corrected chi connectivity index (χ4v) is 5.11. The molecule has 1 saturated carbocycles. The van der Waals surface area contributed by atoms with Gasteiger partial charge in [-0.15, -0.1) is 0 Å². The van der Waals surface area contributed by atoms with E-state index in [1.54, 1.807) is 11.5 Å². The fourth-order valence-electron chi connectivity index (χ4n) is 4.07. The monoisotopic (exact) mass is 398 g/mol. The highest BCUT2D eigenvalue weighted by molar-refractivity contribution is 7.04. The van der Waals surface area contributed by atoms with Gasteiger partial charge in [0.05, 0.1) is 5.41 Å².